The van der Waals surface area contributed by atoms with Crippen molar-refractivity contribution < 1.29 is 17.9 Å². The summed E-state index contributed by atoms with van der Waals surface area (Å²) in [6, 6.07) is 16.6. The maximum atomic E-state index is 15.0. The molecule has 0 N–H and O–H groups in total. The van der Waals surface area contributed by atoms with E-state index in [0.29, 0.717) is 47.3 Å². The van der Waals surface area contributed by atoms with Gasteiger partial charge in [0.1, 0.15) is 0 Å². The highest BCUT2D eigenvalue weighted by Gasteiger charge is 2.24. The Balaban J connectivity index is 1.31. The van der Waals surface area contributed by atoms with Crippen molar-refractivity contribution in [1.82, 2.24) is 0 Å². The molecule has 37 heavy (non-hydrogen) atoms. The van der Waals surface area contributed by atoms with Gasteiger partial charge in [0.15, 0.2) is 23.2 Å². The molecule has 4 heteroatoms. The minimum atomic E-state index is -0.752. The van der Waals surface area contributed by atoms with Crippen LogP contribution in [0, 0.1) is 23.4 Å². The van der Waals surface area contributed by atoms with Crippen molar-refractivity contribution in [2.24, 2.45) is 5.92 Å². The second-order valence-corrected chi connectivity index (χ2v) is 10.4. The standard InChI is InChI=1S/C33H39F3O/c1-3-5-6-7-23-10-15-26(16-11-23)29-20-18-27(32(35)33(29)36)17-12-24-8-13-25(14-9-24)28-19-21-31(37-4-2)30(34)22-28/h10-11,15-16,18-22,24-25H,3-9,12-14,17H2,1-2H3. The van der Waals surface area contributed by atoms with Gasteiger partial charge < -0.3 is 4.74 Å². The van der Waals surface area contributed by atoms with E-state index in [1.807, 2.05) is 37.3 Å². The Morgan fingerprint density at radius 2 is 1.54 bits per heavy atom. The predicted molar refractivity (Wildman–Crippen MR) is 146 cm³/mol. The van der Waals surface area contributed by atoms with Gasteiger partial charge in [-0.1, -0.05) is 62.2 Å². The zero-order chi connectivity index (χ0) is 26.2. The van der Waals surface area contributed by atoms with E-state index in [4.69, 9.17) is 4.74 Å². The Labute approximate surface area is 220 Å². The van der Waals surface area contributed by atoms with Crippen LogP contribution in [0.25, 0.3) is 11.1 Å². The number of ether oxygens (including phenoxy) is 1. The molecule has 1 nitrogen and oxygen atoms in total. The molecular formula is C33H39F3O. The molecule has 0 amide bonds. The third-order valence-electron chi connectivity index (χ3n) is 7.89. The summed E-state index contributed by atoms with van der Waals surface area (Å²) in [4.78, 5) is 0. The first-order valence-corrected chi connectivity index (χ1v) is 14.0. The van der Waals surface area contributed by atoms with E-state index in [9.17, 15) is 13.2 Å². The van der Waals surface area contributed by atoms with Crippen LogP contribution in [0.4, 0.5) is 13.2 Å². The third kappa shape index (κ3) is 6.97. The second kappa shape index (κ2) is 13.2. The number of unbranched alkanes of at least 4 members (excludes halogenated alkanes) is 2. The molecule has 0 spiro atoms. The van der Waals surface area contributed by atoms with Crippen molar-refractivity contribution in [1.29, 1.82) is 0 Å². The Morgan fingerprint density at radius 3 is 2.22 bits per heavy atom. The van der Waals surface area contributed by atoms with Gasteiger partial charge in [-0.25, -0.2) is 13.2 Å². The largest absolute Gasteiger partial charge is 0.491 e. The fraction of sp³-hybridized carbons (Fsp3) is 0.455. The highest BCUT2D eigenvalue weighted by Crippen LogP contribution is 2.39. The van der Waals surface area contributed by atoms with Gasteiger partial charge in [-0.3, -0.25) is 0 Å². The lowest BCUT2D eigenvalue weighted by atomic mass is 9.77. The molecule has 0 heterocycles. The van der Waals surface area contributed by atoms with Gasteiger partial charge >= 0.3 is 0 Å². The van der Waals surface area contributed by atoms with Gasteiger partial charge in [-0.15, -0.1) is 0 Å². The highest BCUT2D eigenvalue weighted by atomic mass is 19.2. The lowest BCUT2D eigenvalue weighted by molar-refractivity contribution is 0.306. The van der Waals surface area contributed by atoms with Crippen molar-refractivity contribution in [2.75, 3.05) is 6.61 Å². The van der Waals surface area contributed by atoms with Crippen LogP contribution in [0.1, 0.15) is 87.8 Å². The number of aryl methyl sites for hydroxylation is 2. The molecule has 0 radical (unpaired) electrons. The van der Waals surface area contributed by atoms with Crippen molar-refractivity contribution >= 4 is 0 Å². The first-order chi connectivity index (χ1) is 18.0. The maximum absolute atomic E-state index is 15.0. The fourth-order valence-corrected chi connectivity index (χ4v) is 5.62. The summed E-state index contributed by atoms with van der Waals surface area (Å²) < 4.78 is 49.5. The summed E-state index contributed by atoms with van der Waals surface area (Å²) >= 11 is 0. The lowest BCUT2D eigenvalue weighted by Gasteiger charge is -2.29. The normalized spacial score (nSPS) is 17.6. The van der Waals surface area contributed by atoms with Crippen LogP contribution in [0.2, 0.25) is 0 Å². The SMILES string of the molecule is CCCCCc1ccc(-c2ccc(CCC3CCC(c4ccc(OCC)c(F)c4)CC3)c(F)c2F)cc1. The van der Waals surface area contributed by atoms with Gasteiger partial charge in [0.25, 0.3) is 0 Å². The molecule has 0 unspecified atom stereocenters. The molecule has 3 aromatic carbocycles. The molecule has 198 valence electrons. The Hall–Kier alpha value is -2.75. The second-order valence-electron chi connectivity index (χ2n) is 10.4. The Morgan fingerprint density at radius 1 is 0.784 bits per heavy atom. The summed E-state index contributed by atoms with van der Waals surface area (Å²) in [5, 5.41) is 0. The van der Waals surface area contributed by atoms with Crippen molar-refractivity contribution in [3.05, 3.63) is 88.7 Å². The van der Waals surface area contributed by atoms with Crippen molar-refractivity contribution in [3.63, 3.8) is 0 Å². The number of hydrogen-bond donors (Lipinski definition) is 0. The summed E-state index contributed by atoms with van der Waals surface area (Å²) in [6.45, 7) is 4.47. The van der Waals surface area contributed by atoms with Crippen LogP contribution in [0.15, 0.2) is 54.6 Å². The Kier molecular flexibility index (Phi) is 9.71. The van der Waals surface area contributed by atoms with E-state index in [1.165, 1.54) is 18.4 Å². The Bertz CT molecular complexity index is 1150. The first kappa shape index (κ1) is 27.3. The number of hydrogen-bond acceptors (Lipinski definition) is 1. The van der Waals surface area contributed by atoms with E-state index in [0.717, 1.165) is 50.5 Å². The number of halogens is 3. The molecule has 1 aliphatic carbocycles. The predicted octanol–water partition coefficient (Wildman–Crippen LogP) is 9.81. The topological polar surface area (TPSA) is 9.23 Å². The van der Waals surface area contributed by atoms with Crippen molar-refractivity contribution in [3.8, 4) is 16.9 Å². The van der Waals surface area contributed by atoms with Crippen LogP contribution in [-0.4, -0.2) is 6.61 Å². The van der Waals surface area contributed by atoms with Crippen LogP contribution in [-0.2, 0) is 12.8 Å². The summed E-state index contributed by atoms with van der Waals surface area (Å²) in [5.74, 6) is -0.648. The van der Waals surface area contributed by atoms with E-state index in [2.05, 4.69) is 6.92 Å². The maximum Gasteiger partial charge on any atom is 0.166 e. The van der Waals surface area contributed by atoms with E-state index in [-0.39, 0.29) is 5.82 Å². The van der Waals surface area contributed by atoms with Gasteiger partial charge in [-0.05, 0) is 105 Å². The summed E-state index contributed by atoms with van der Waals surface area (Å²) in [7, 11) is 0. The lowest BCUT2D eigenvalue weighted by Crippen LogP contribution is -2.14. The van der Waals surface area contributed by atoms with Gasteiger partial charge in [0.05, 0.1) is 6.61 Å². The first-order valence-electron chi connectivity index (χ1n) is 14.0. The molecule has 3 aromatic rings. The molecule has 0 atom stereocenters. The fourth-order valence-electron chi connectivity index (χ4n) is 5.62. The minimum Gasteiger partial charge on any atom is -0.491 e. The van der Waals surface area contributed by atoms with E-state index >= 15 is 0 Å². The molecule has 0 aromatic heterocycles. The number of benzene rings is 3. The minimum absolute atomic E-state index is 0.301. The quantitative estimate of drug-likeness (QED) is 0.234. The molecule has 0 aliphatic heterocycles. The monoisotopic (exact) mass is 508 g/mol. The molecule has 0 saturated heterocycles. The van der Waals surface area contributed by atoms with Crippen LogP contribution < -0.4 is 4.74 Å². The molecule has 0 bridgehead atoms. The zero-order valence-electron chi connectivity index (χ0n) is 22.2. The average molecular weight is 509 g/mol. The smallest absolute Gasteiger partial charge is 0.166 e. The third-order valence-corrected chi connectivity index (χ3v) is 7.89. The molecule has 1 aliphatic rings. The van der Waals surface area contributed by atoms with Gasteiger partial charge in [-0.2, -0.15) is 0 Å². The van der Waals surface area contributed by atoms with Crippen molar-refractivity contribution in [2.45, 2.75) is 84.0 Å². The summed E-state index contributed by atoms with van der Waals surface area (Å²) in [5.41, 5.74) is 3.75. The zero-order valence-corrected chi connectivity index (χ0v) is 22.2. The van der Waals surface area contributed by atoms with Crippen LogP contribution >= 0.6 is 0 Å². The highest BCUT2D eigenvalue weighted by molar-refractivity contribution is 5.65. The van der Waals surface area contributed by atoms with Crippen LogP contribution in [0.3, 0.4) is 0 Å². The van der Waals surface area contributed by atoms with E-state index < -0.39 is 11.6 Å². The van der Waals surface area contributed by atoms with E-state index in [1.54, 1.807) is 24.3 Å². The number of rotatable bonds is 11. The molecular weight excluding hydrogens is 469 g/mol. The van der Waals surface area contributed by atoms with Gasteiger partial charge in [0.2, 0.25) is 0 Å². The summed E-state index contributed by atoms with van der Waals surface area (Å²) in [6.07, 6.45) is 9.94. The van der Waals surface area contributed by atoms with Gasteiger partial charge in [0, 0.05) is 5.56 Å². The molecule has 1 fully saturated rings. The van der Waals surface area contributed by atoms with Crippen LogP contribution in [0.5, 0.6) is 5.75 Å². The average Bonchev–Trinajstić information content (AvgIpc) is 2.92. The molecule has 4 rings (SSSR count). The molecule has 1 saturated carbocycles.